The van der Waals surface area contributed by atoms with Gasteiger partial charge in [-0.05, 0) is 43.5 Å². The first kappa shape index (κ1) is 26.2. The van der Waals surface area contributed by atoms with E-state index in [1.165, 1.54) is 23.2 Å². The second-order valence-corrected chi connectivity index (χ2v) is 8.37. The fourth-order valence-electron chi connectivity index (χ4n) is 4.08. The van der Waals surface area contributed by atoms with Crippen molar-refractivity contribution in [3.05, 3.63) is 95.2 Å². The van der Waals surface area contributed by atoms with E-state index in [1.807, 2.05) is 17.9 Å². The van der Waals surface area contributed by atoms with E-state index in [-0.39, 0.29) is 12.5 Å². The van der Waals surface area contributed by atoms with Gasteiger partial charge >= 0.3 is 12.1 Å². The normalized spacial score (nSPS) is 15.5. The highest BCUT2D eigenvalue weighted by molar-refractivity contribution is 5.98. The molecule has 0 N–H and O–H groups in total. The smallest absolute Gasteiger partial charge is 0.416 e. The number of hydrogen-bond acceptors (Lipinski definition) is 4. The van der Waals surface area contributed by atoms with Crippen LogP contribution in [0.3, 0.4) is 0 Å². The van der Waals surface area contributed by atoms with E-state index in [2.05, 4.69) is 6.58 Å². The molecule has 1 aliphatic rings. The van der Waals surface area contributed by atoms with Gasteiger partial charge in [-0.1, -0.05) is 54.6 Å². The predicted molar refractivity (Wildman–Crippen MR) is 127 cm³/mol. The van der Waals surface area contributed by atoms with Crippen LogP contribution in [0.2, 0.25) is 0 Å². The van der Waals surface area contributed by atoms with Crippen LogP contribution in [-0.2, 0) is 27.0 Å². The largest absolute Gasteiger partial charge is 0.464 e. The Bertz CT molecular complexity index is 1080. The number of carbonyl (C=O) groups is 2. The highest BCUT2D eigenvalue weighted by Gasteiger charge is 2.34. The molecule has 3 rings (SSSR count). The minimum Gasteiger partial charge on any atom is -0.464 e. The van der Waals surface area contributed by atoms with Gasteiger partial charge in [-0.3, -0.25) is 14.6 Å². The third-order valence-electron chi connectivity index (χ3n) is 5.98. The number of amides is 1. The molecule has 0 spiro atoms. The highest BCUT2D eigenvalue weighted by atomic mass is 19.4. The molecule has 8 heteroatoms. The van der Waals surface area contributed by atoms with Crippen LogP contribution in [0.15, 0.2) is 78.5 Å². The molecule has 1 aliphatic heterocycles. The van der Waals surface area contributed by atoms with Crippen molar-refractivity contribution in [3.8, 4) is 0 Å². The molecule has 1 heterocycles. The zero-order valence-electron chi connectivity index (χ0n) is 19.8. The molecular weight excluding hydrogens is 457 g/mol. The number of carbonyl (C=O) groups excluding carboxylic acids is 2. The number of benzene rings is 2. The van der Waals surface area contributed by atoms with Gasteiger partial charge in [0, 0.05) is 31.4 Å². The van der Waals surface area contributed by atoms with E-state index in [9.17, 15) is 22.8 Å². The lowest BCUT2D eigenvalue weighted by Gasteiger charge is -2.33. The molecule has 2 aromatic rings. The summed E-state index contributed by atoms with van der Waals surface area (Å²) >= 11 is 0. The second kappa shape index (κ2) is 11.4. The summed E-state index contributed by atoms with van der Waals surface area (Å²) in [4.78, 5) is 29.8. The quantitative estimate of drug-likeness (QED) is 0.462. The molecule has 0 saturated carbocycles. The van der Waals surface area contributed by atoms with Crippen molar-refractivity contribution in [2.45, 2.75) is 39.0 Å². The Kier molecular flexibility index (Phi) is 8.51. The molecule has 5 nitrogen and oxygen atoms in total. The van der Waals surface area contributed by atoms with Gasteiger partial charge in [0.25, 0.3) is 5.91 Å². The lowest BCUT2D eigenvalue weighted by atomic mass is 9.97. The van der Waals surface area contributed by atoms with Crippen LogP contribution in [0.1, 0.15) is 43.0 Å². The number of alkyl halides is 3. The number of nitrogens with zero attached hydrogens (tertiary/aromatic N) is 2. The number of hydrogen-bond donors (Lipinski definition) is 0. The topological polar surface area (TPSA) is 49.9 Å². The summed E-state index contributed by atoms with van der Waals surface area (Å²) in [6, 6.07) is 13.0. The van der Waals surface area contributed by atoms with Gasteiger partial charge in [0.15, 0.2) is 6.04 Å². The van der Waals surface area contributed by atoms with Crippen LogP contribution in [-0.4, -0.2) is 41.4 Å². The first-order valence-corrected chi connectivity index (χ1v) is 11.4. The minimum atomic E-state index is -4.38. The van der Waals surface area contributed by atoms with Crippen molar-refractivity contribution in [2.75, 3.05) is 19.7 Å². The molecule has 0 aromatic heterocycles. The van der Waals surface area contributed by atoms with Crippen LogP contribution in [0.25, 0.3) is 0 Å². The summed E-state index contributed by atoms with van der Waals surface area (Å²) in [5, 5.41) is 0. The average molecular weight is 487 g/mol. The Labute approximate surface area is 203 Å². The lowest BCUT2D eigenvalue weighted by Crippen LogP contribution is -2.41. The van der Waals surface area contributed by atoms with Crippen molar-refractivity contribution in [1.29, 1.82) is 0 Å². The summed E-state index contributed by atoms with van der Waals surface area (Å²) in [5.74, 6) is -0.904. The van der Waals surface area contributed by atoms with Gasteiger partial charge in [0.1, 0.15) is 0 Å². The van der Waals surface area contributed by atoms with Crippen molar-refractivity contribution >= 4 is 11.9 Å². The molecule has 1 unspecified atom stereocenters. The van der Waals surface area contributed by atoms with E-state index in [0.717, 1.165) is 23.3 Å². The summed E-state index contributed by atoms with van der Waals surface area (Å²) in [7, 11) is 0. The summed E-state index contributed by atoms with van der Waals surface area (Å²) < 4.78 is 43.8. The number of ether oxygens (including phenoxy) is 1. The Hall–Kier alpha value is -3.39. The van der Waals surface area contributed by atoms with Gasteiger partial charge in [-0.15, -0.1) is 0 Å². The van der Waals surface area contributed by atoms with Crippen LogP contribution < -0.4 is 0 Å². The molecule has 0 bridgehead atoms. The average Bonchev–Trinajstić information content (AvgIpc) is 2.83. The van der Waals surface area contributed by atoms with Crippen molar-refractivity contribution in [2.24, 2.45) is 0 Å². The molecule has 2 aromatic carbocycles. The van der Waals surface area contributed by atoms with Crippen LogP contribution in [0.5, 0.6) is 0 Å². The maximum atomic E-state index is 13.7. The second-order valence-electron chi connectivity index (χ2n) is 8.37. The van der Waals surface area contributed by atoms with Crippen molar-refractivity contribution in [3.63, 3.8) is 0 Å². The fourth-order valence-corrected chi connectivity index (χ4v) is 4.08. The fraction of sp³-hybridized carbons (Fsp3) is 0.333. The van der Waals surface area contributed by atoms with Crippen molar-refractivity contribution in [1.82, 2.24) is 9.80 Å². The molecule has 0 radical (unpaired) electrons. The van der Waals surface area contributed by atoms with E-state index in [4.69, 9.17) is 4.74 Å². The van der Waals surface area contributed by atoms with Gasteiger partial charge in [0.05, 0.1) is 12.2 Å². The molecule has 1 atom stereocenters. The number of esters is 1. The van der Waals surface area contributed by atoms with Crippen LogP contribution in [0, 0.1) is 0 Å². The van der Waals surface area contributed by atoms with Gasteiger partial charge in [-0.25, -0.2) is 4.79 Å². The Balaban J connectivity index is 1.81. The third-order valence-corrected chi connectivity index (χ3v) is 5.98. The van der Waals surface area contributed by atoms with E-state index < -0.39 is 23.8 Å². The predicted octanol–water partition coefficient (Wildman–Crippen LogP) is 5.50. The summed E-state index contributed by atoms with van der Waals surface area (Å²) in [6.07, 6.45) is -2.42. The zero-order chi connectivity index (χ0) is 25.6. The summed E-state index contributed by atoms with van der Waals surface area (Å²) in [5.41, 5.74) is 2.07. The SMILES string of the molecule is C=CN(C(=O)C1=C(C)CCN(Cc2ccc(C(F)(F)F)cc2)C1)C(C(=O)OCC)c1ccccc1. The monoisotopic (exact) mass is 486 g/mol. The van der Waals surface area contributed by atoms with Gasteiger partial charge < -0.3 is 4.74 Å². The standard InChI is InChI=1S/C27H29F3N2O3/c1-4-32(24(26(34)35-5-2)21-9-7-6-8-10-21)25(33)23-18-31(16-15-19(23)3)17-20-11-13-22(14-12-20)27(28,29)30/h4,6-14,24H,1,5,15-18H2,2-3H3. The molecule has 35 heavy (non-hydrogen) atoms. The Morgan fingerprint density at radius 2 is 1.80 bits per heavy atom. The van der Waals surface area contributed by atoms with Gasteiger partial charge in [-0.2, -0.15) is 13.2 Å². The number of rotatable bonds is 8. The molecule has 186 valence electrons. The third kappa shape index (κ3) is 6.39. The van der Waals surface area contributed by atoms with Crippen LogP contribution >= 0.6 is 0 Å². The molecule has 1 amide bonds. The Morgan fingerprint density at radius 1 is 1.14 bits per heavy atom. The first-order chi connectivity index (χ1) is 16.7. The minimum absolute atomic E-state index is 0.171. The number of halogens is 3. The van der Waals surface area contributed by atoms with E-state index >= 15 is 0 Å². The molecule has 0 aliphatic carbocycles. The Morgan fingerprint density at radius 3 is 2.37 bits per heavy atom. The van der Waals surface area contributed by atoms with Crippen molar-refractivity contribution < 1.29 is 27.5 Å². The maximum absolute atomic E-state index is 13.7. The van der Waals surface area contributed by atoms with E-state index in [0.29, 0.717) is 37.2 Å². The zero-order valence-corrected chi connectivity index (χ0v) is 19.8. The van der Waals surface area contributed by atoms with Crippen LogP contribution in [0.4, 0.5) is 13.2 Å². The molecule has 0 saturated heterocycles. The highest BCUT2D eigenvalue weighted by Crippen LogP contribution is 2.30. The summed E-state index contributed by atoms with van der Waals surface area (Å²) in [6.45, 7) is 8.90. The lowest BCUT2D eigenvalue weighted by molar-refractivity contribution is -0.152. The first-order valence-electron chi connectivity index (χ1n) is 11.4. The van der Waals surface area contributed by atoms with Gasteiger partial charge in [0.2, 0.25) is 0 Å². The maximum Gasteiger partial charge on any atom is 0.416 e. The molecule has 0 fully saturated rings. The van der Waals surface area contributed by atoms with E-state index in [1.54, 1.807) is 31.2 Å². The molecular formula is C27H29F3N2O3.